The number of ether oxygens (including phenoxy) is 1. The first kappa shape index (κ1) is 29.0. The fraction of sp³-hybridized carbons (Fsp3) is 0.333. The Hall–Kier alpha value is -3.96. The number of carbonyl (C=O) groups is 2. The molecule has 2 aromatic heterocycles. The summed E-state index contributed by atoms with van der Waals surface area (Å²) in [5, 5.41) is 17.8. The molecule has 0 unspecified atom stereocenters. The number of benzene rings is 2. The molecule has 1 N–H and O–H groups in total. The van der Waals surface area contributed by atoms with Crippen molar-refractivity contribution in [1.29, 1.82) is 0 Å². The number of nitrogens with zero attached hydrogens (tertiary/aromatic N) is 6. The molecule has 1 fully saturated rings. The van der Waals surface area contributed by atoms with Crippen LogP contribution < -0.4 is 10.4 Å². The molecule has 0 radical (unpaired) electrons. The fourth-order valence-electron chi connectivity index (χ4n) is 4.57. The van der Waals surface area contributed by atoms with Crippen molar-refractivity contribution in [2.45, 2.75) is 45.1 Å². The van der Waals surface area contributed by atoms with Gasteiger partial charge in [0.05, 0.1) is 15.7 Å². The number of fused-ring (bicyclic) bond motifs is 1. The van der Waals surface area contributed by atoms with Crippen molar-refractivity contribution >= 4 is 46.1 Å². The lowest BCUT2D eigenvalue weighted by atomic mass is 9.94. The number of carbonyl (C=O) groups excluding carboxylic acids is 1. The van der Waals surface area contributed by atoms with Crippen molar-refractivity contribution in [3.8, 4) is 11.4 Å². The van der Waals surface area contributed by atoms with Gasteiger partial charge in [-0.05, 0) is 66.6 Å². The molecular weight excluding hydrogens is 559 g/mol. The van der Waals surface area contributed by atoms with Gasteiger partial charge in [0.2, 0.25) is 0 Å². The second-order valence-corrected chi connectivity index (χ2v) is 9.84. The van der Waals surface area contributed by atoms with Gasteiger partial charge in [0.15, 0.2) is 6.61 Å². The number of tetrazole rings is 1. The number of para-hydroxylation sites is 1. The van der Waals surface area contributed by atoms with E-state index in [9.17, 15) is 14.4 Å². The van der Waals surface area contributed by atoms with Crippen LogP contribution in [0.4, 0.5) is 4.79 Å². The van der Waals surface area contributed by atoms with Crippen LogP contribution in [-0.2, 0) is 4.79 Å². The summed E-state index contributed by atoms with van der Waals surface area (Å²) in [5.74, 6) is -0.610. The normalized spacial score (nSPS) is 13.4. The lowest BCUT2D eigenvalue weighted by Gasteiger charge is -2.32. The number of carboxylic acids is 1. The van der Waals surface area contributed by atoms with Crippen LogP contribution in [0.25, 0.3) is 16.6 Å². The quantitative estimate of drug-likeness (QED) is 0.310. The highest BCUT2D eigenvalue weighted by molar-refractivity contribution is 6.35. The van der Waals surface area contributed by atoms with Crippen molar-refractivity contribution in [2.75, 3.05) is 13.2 Å². The molecule has 1 saturated carbocycles. The third-order valence-electron chi connectivity index (χ3n) is 6.48. The third-order valence-corrected chi connectivity index (χ3v) is 7.12. The monoisotopic (exact) mass is 586 g/mol. The van der Waals surface area contributed by atoms with Crippen LogP contribution >= 0.6 is 23.2 Å². The zero-order chi connectivity index (χ0) is 28.6. The second kappa shape index (κ2) is 13.4. The summed E-state index contributed by atoms with van der Waals surface area (Å²) >= 11 is 12.1. The second-order valence-electron chi connectivity index (χ2n) is 9.02. The number of aromatic nitrogens is 5. The number of aliphatic carboxylic acids is 1. The van der Waals surface area contributed by atoms with E-state index in [2.05, 4.69) is 15.4 Å². The van der Waals surface area contributed by atoms with Crippen LogP contribution in [0, 0.1) is 0 Å². The molecule has 2 aromatic carbocycles. The summed E-state index contributed by atoms with van der Waals surface area (Å²) in [6.45, 7) is 2.05. The molecule has 0 bridgehead atoms. The molecule has 1 aliphatic carbocycles. The van der Waals surface area contributed by atoms with E-state index in [1.54, 1.807) is 59.6 Å². The minimum atomic E-state index is -1.03. The molecule has 1 aliphatic rings. The molecule has 0 aliphatic heterocycles. The van der Waals surface area contributed by atoms with Gasteiger partial charge >= 0.3 is 17.7 Å². The SMILES string of the molecule is CCN(C(=O)n1nnn(-c2ccccc2Cl)c1=O)C1CCCCC1.O=C(O)COc1ccc(Cl)c2cccnc12. The van der Waals surface area contributed by atoms with E-state index in [-0.39, 0.29) is 6.04 Å². The van der Waals surface area contributed by atoms with E-state index in [4.69, 9.17) is 33.0 Å². The van der Waals surface area contributed by atoms with Gasteiger partial charge in [0.1, 0.15) is 11.3 Å². The van der Waals surface area contributed by atoms with Crippen LogP contribution in [0.3, 0.4) is 0 Å². The lowest BCUT2D eigenvalue weighted by Crippen LogP contribution is -2.46. The lowest BCUT2D eigenvalue weighted by molar-refractivity contribution is -0.139. The number of pyridine rings is 1. The molecule has 1 amide bonds. The zero-order valence-electron chi connectivity index (χ0n) is 21.7. The summed E-state index contributed by atoms with van der Waals surface area (Å²) in [6.07, 6.45) is 6.95. The van der Waals surface area contributed by atoms with Crippen LogP contribution in [0.2, 0.25) is 10.0 Å². The average molecular weight is 587 g/mol. The van der Waals surface area contributed by atoms with Gasteiger partial charge in [-0.25, -0.2) is 14.4 Å². The van der Waals surface area contributed by atoms with E-state index in [0.717, 1.165) is 40.4 Å². The Morgan fingerprint density at radius 3 is 2.48 bits per heavy atom. The predicted octanol–water partition coefficient (Wildman–Crippen LogP) is 5.06. The van der Waals surface area contributed by atoms with Crippen LogP contribution in [-0.4, -0.2) is 66.0 Å². The minimum absolute atomic E-state index is 0.161. The molecule has 0 spiro atoms. The molecule has 13 heteroatoms. The first-order valence-corrected chi connectivity index (χ1v) is 13.6. The number of amides is 1. The third kappa shape index (κ3) is 6.60. The van der Waals surface area contributed by atoms with Gasteiger partial charge in [-0.3, -0.25) is 4.98 Å². The minimum Gasteiger partial charge on any atom is -0.480 e. The van der Waals surface area contributed by atoms with Gasteiger partial charge in [0, 0.05) is 24.2 Å². The smallest absolute Gasteiger partial charge is 0.377 e. The maximum Gasteiger partial charge on any atom is 0.377 e. The van der Waals surface area contributed by atoms with E-state index < -0.39 is 24.3 Å². The Morgan fingerprint density at radius 2 is 1.77 bits per heavy atom. The van der Waals surface area contributed by atoms with Crippen molar-refractivity contribution in [1.82, 2.24) is 29.7 Å². The zero-order valence-corrected chi connectivity index (χ0v) is 23.3. The van der Waals surface area contributed by atoms with Gasteiger partial charge < -0.3 is 14.7 Å². The summed E-state index contributed by atoms with van der Waals surface area (Å²) in [7, 11) is 0. The Labute approximate surface area is 239 Å². The first-order valence-electron chi connectivity index (χ1n) is 12.8. The standard InChI is InChI=1S/C16H20ClN5O2.C11H8ClNO3/c1-2-20(12-8-4-3-5-9-12)15(23)22-16(24)21(18-19-22)14-11-7-6-10-13(14)17;12-8-3-4-9(16-6-10(14)15)11-7(8)2-1-5-13-11/h6-7,10-12H,2-5,8-9H2,1H3;1-5H,6H2,(H,14,15). The molecule has 5 rings (SSSR count). The molecule has 40 heavy (non-hydrogen) atoms. The number of hydrogen-bond donors (Lipinski definition) is 1. The maximum atomic E-state index is 12.8. The fourth-order valence-corrected chi connectivity index (χ4v) is 5.00. The Balaban J connectivity index is 0.000000201. The van der Waals surface area contributed by atoms with Crippen LogP contribution in [0.5, 0.6) is 5.75 Å². The summed E-state index contributed by atoms with van der Waals surface area (Å²) in [5.41, 5.74) is 0.363. The summed E-state index contributed by atoms with van der Waals surface area (Å²) < 4.78 is 6.99. The predicted molar refractivity (Wildman–Crippen MR) is 151 cm³/mol. The first-order chi connectivity index (χ1) is 19.3. The van der Waals surface area contributed by atoms with Crippen molar-refractivity contribution < 1.29 is 19.4 Å². The van der Waals surface area contributed by atoms with E-state index in [1.165, 1.54) is 6.42 Å². The van der Waals surface area contributed by atoms with Crippen molar-refractivity contribution in [2.24, 2.45) is 0 Å². The van der Waals surface area contributed by atoms with E-state index in [0.29, 0.717) is 33.5 Å². The Bertz CT molecular complexity index is 1550. The molecule has 11 nitrogen and oxygen atoms in total. The number of rotatable bonds is 6. The molecule has 0 atom stereocenters. The van der Waals surface area contributed by atoms with Crippen LogP contribution in [0.1, 0.15) is 39.0 Å². The van der Waals surface area contributed by atoms with E-state index >= 15 is 0 Å². The highest BCUT2D eigenvalue weighted by Crippen LogP contribution is 2.29. The van der Waals surface area contributed by atoms with Crippen LogP contribution in [0.15, 0.2) is 59.5 Å². The maximum absolute atomic E-state index is 12.8. The Morgan fingerprint density at radius 1 is 1.02 bits per heavy atom. The molecule has 2 heterocycles. The highest BCUT2D eigenvalue weighted by atomic mass is 35.5. The van der Waals surface area contributed by atoms with E-state index in [1.807, 2.05) is 6.92 Å². The topological polar surface area (TPSA) is 132 Å². The highest BCUT2D eigenvalue weighted by Gasteiger charge is 2.28. The van der Waals surface area contributed by atoms with Gasteiger partial charge in [-0.2, -0.15) is 4.68 Å². The molecule has 210 valence electrons. The average Bonchev–Trinajstić information content (AvgIpc) is 3.35. The summed E-state index contributed by atoms with van der Waals surface area (Å²) in [6, 6.07) is 13.4. The van der Waals surface area contributed by atoms with Gasteiger partial charge in [0.25, 0.3) is 0 Å². The molecule has 0 saturated heterocycles. The summed E-state index contributed by atoms with van der Waals surface area (Å²) in [4.78, 5) is 41.6. The van der Waals surface area contributed by atoms with Gasteiger partial charge in [-0.1, -0.05) is 54.6 Å². The molecule has 4 aromatic rings. The number of halogens is 2. The number of carboxylic acid groups (broad SMARTS) is 1. The largest absolute Gasteiger partial charge is 0.480 e. The van der Waals surface area contributed by atoms with Crippen molar-refractivity contribution in [3.05, 3.63) is 75.3 Å². The molecular formula is C27H28Cl2N6O5. The van der Waals surface area contributed by atoms with Gasteiger partial charge in [-0.15, -0.1) is 4.68 Å². The Kier molecular flexibility index (Phi) is 9.73. The number of hydrogen-bond acceptors (Lipinski definition) is 7. The van der Waals surface area contributed by atoms with Crippen molar-refractivity contribution in [3.63, 3.8) is 0 Å².